The average Bonchev–Trinajstić information content (AvgIpc) is 2.36. The number of benzene rings is 1. The Bertz CT molecular complexity index is 594. The number of nitrogens with zero attached hydrogens (tertiary/aromatic N) is 2. The smallest absolute Gasteiger partial charge is 0.229 e. The van der Waals surface area contributed by atoms with Crippen LogP contribution >= 0.6 is 23.2 Å². The first-order valence-electron chi connectivity index (χ1n) is 6.71. The summed E-state index contributed by atoms with van der Waals surface area (Å²) in [6, 6.07) is 4.97. The Morgan fingerprint density at radius 2 is 2.00 bits per heavy atom. The van der Waals surface area contributed by atoms with Crippen LogP contribution in [-0.2, 0) is 4.79 Å². The van der Waals surface area contributed by atoms with Crippen molar-refractivity contribution in [3.05, 3.63) is 33.8 Å². The molecule has 2 rings (SSSR count). The monoisotopic (exact) mass is 328 g/mol. The van der Waals surface area contributed by atoms with Crippen LogP contribution in [0.2, 0.25) is 10.0 Å². The van der Waals surface area contributed by atoms with E-state index >= 15 is 0 Å². The molecule has 0 saturated carbocycles. The highest BCUT2D eigenvalue weighted by atomic mass is 35.5. The topological polar surface area (TPSA) is 52.9 Å². The predicted molar refractivity (Wildman–Crippen MR) is 84.3 cm³/mol. The van der Waals surface area contributed by atoms with Gasteiger partial charge < -0.3 is 10.1 Å². The molecule has 1 heterocycles. The average molecular weight is 329 g/mol. The highest BCUT2D eigenvalue weighted by Crippen LogP contribution is 2.39. The highest BCUT2D eigenvalue weighted by Gasteiger charge is 2.39. The molecule has 1 N–H and O–H groups in total. The lowest BCUT2D eigenvalue weighted by Gasteiger charge is -2.45. The molecular weight excluding hydrogens is 311 g/mol. The molecule has 0 spiro atoms. The van der Waals surface area contributed by atoms with E-state index < -0.39 is 0 Å². The molecule has 0 radical (unpaired) electrons. The molecule has 0 aromatic heterocycles. The minimum atomic E-state index is -0.355. The van der Waals surface area contributed by atoms with Crippen molar-refractivity contribution in [2.24, 2.45) is 5.16 Å². The van der Waals surface area contributed by atoms with E-state index in [0.717, 1.165) is 5.56 Å². The third-order valence-corrected chi connectivity index (χ3v) is 4.11. The zero-order valence-corrected chi connectivity index (χ0v) is 13.7. The molecule has 0 bridgehead atoms. The third-order valence-electron chi connectivity index (χ3n) is 3.55. The van der Waals surface area contributed by atoms with E-state index in [4.69, 9.17) is 28.4 Å². The lowest BCUT2D eigenvalue weighted by molar-refractivity contribution is -0.139. The van der Waals surface area contributed by atoms with E-state index in [1.165, 1.54) is 0 Å². The van der Waals surface area contributed by atoms with E-state index in [1.807, 2.05) is 26.8 Å². The Hall–Kier alpha value is -1.26. The van der Waals surface area contributed by atoms with Crippen LogP contribution in [0, 0.1) is 0 Å². The van der Waals surface area contributed by atoms with Gasteiger partial charge in [0.1, 0.15) is 0 Å². The molecule has 1 aliphatic rings. The molecule has 1 fully saturated rings. The number of hydrogen-bond donors (Lipinski definition) is 1. The zero-order chi connectivity index (χ0) is 15.8. The molecule has 1 amide bonds. The number of carbonyl (C=O) groups excluding carboxylic acids is 1. The van der Waals surface area contributed by atoms with Crippen molar-refractivity contribution in [1.29, 1.82) is 0 Å². The summed E-state index contributed by atoms with van der Waals surface area (Å²) in [6.45, 7) is 5.93. The fraction of sp³-hybridized carbons (Fsp3) is 0.467. The van der Waals surface area contributed by atoms with E-state index in [0.29, 0.717) is 22.2 Å². The minimum absolute atomic E-state index is 0.0717. The number of oxime groups is 1. The first-order chi connectivity index (χ1) is 9.74. The lowest BCUT2D eigenvalue weighted by Crippen LogP contribution is -2.51. The van der Waals surface area contributed by atoms with Crippen LogP contribution in [0.5, 0.6) is 0 Å². The van der Waals surface area contributed by atoms with Gasteiger partial charge in [0.2, 0.25) is 5.91 Å². The molecule has 1 saturated heterocycles. The number of halogens is 2. The van der Waals surface area contributed by atoms with Gasteiger partial charge in [-0.25, -0.2) is 0 Å². The highest BCUT2D eigenvalue weighted by molar-refractivity contribution is 6.35. The Balaban J connectivity index is 2.51. The van der Waals surface area contributed by atoms with Crippen molar-refractivity contribution in [3.8, 4) is 0 Å². The molecule has 4 nitrogen and oxygen atoms in total. The van der Waals surface area contributed by atoms with Crippen molar-refractivity contribution < 1.29 is 10.0 Å². The Morgan fingerprint density at radius 3 is 2.52 bits per heavy atom. The third kappa shape index (κ3) is 3.33. The molecular formula is C15H18Cl2N2O2. The quantitative estimate of drug-likeness (QED) is 0.617. The summed E-state index contributed by atoms with van der Waals surface area (Å²) in [4.78, 5) is 14.2. The second kappa shape index (κ2) is 5.85. The van der Waals surface area contributed by atoms with Gasteiger partial charge in [0, 0.05) is 22.0 Å². The SMILES string of the molecule is CC(C)(C)N1C(=O)C/C(=N\O)CC1c1ccc(Cl)cc1Cl. The molecule has 0 aliphatic carbocycles. The number of likely N-dealkylation sites (tertiary alicyclic amines) is 1. The predicted octanol–water partition coefficient (Wildman–Crippen LogP) is 4.29. The zero-order valence-electron chi connectivity index (χ0n) is 12.2. The summed E-state index contributed by atoms with van der Waals surface area (Å²) in [5.41, 5.74) is 0.924. The van der Waals surface area contributed by atoms with Crippen molar-refractivity contribution in [2.75, 3.05) is 0 Å². The number of amides is 1. The molecule has 1 aliphatic heterocycles. The Morgan fingerprint density at radius 1 is 1.33 bits per heavy atom. The number of rotatable bonds is 1. The summed E-state index contributed by atoms with van der Waals surface area (Å²) < 4.78 is 0. The van der Waals surface area contributed by atoms with Crippen LogP contribution in [0.25, 0.3) is 0 Å². The molecule has 114 valence electrons. The maximum atomic E-state index is 12.4. The summed E-state index contributed by atoms with van der Waals surface area (Å²) >= 11 is 12.2. The molecule has 1 aromatic carbocycles. The van der Waals surface area contributed by atoms with Crippen molar-refractivity contribution >= 4 is 34.8 Å². The first-order valence-corrected chi connectivity index (χ1v) is 7.46. The normalized spacial score (nSPS) is 22.0. The van der Waals surface area contributed by atoms with Crippen LogP contribution in [-0.4, -0.2) is 27.3 Å². The van der Waals surface area contributed by atoms with Gasteiger partial charge in [0.15, 0.2) is 0 Å². The first kappa shape index (κ1) is 16.1. The van der Waals surface area contributed by atoms with Gasteiger partial charge in [-0.3, -0.25) is 4.79 Å². The van der Waals surface area contributed by atoms with E-state index in [2.05, 4.69) is 5.16 Å². The van der Waals surface area contributed by atoms with Crippen LogP contribution in [0.15, 0.2) is 23.4 Å². The van der Waals surface area contributed by atoms with Gasteiger partial charge in [-0.05, 0) is 38.5 Å². The second-order valence-electron chi connectivity index (χ2n) is 6.16. The fourth-order valence-corrected chi connectivity index (χ4v) is 3.29. The summed E-state index contributed by atoms with van der Waals surface area (Å²) in [5, 5.41) is 13.3. The molecule has 6 heteroatoms. The maximum absolute atomic E-state index is 12.4. The van der Waals surface area contributed by atoms with Crippen molar-refractivity contribution in [3.63, 3.8) is 0 Å². The van der Waals surface area contributed by atoms with Crippen molar-refractivity contribution in [2.45, 2.75) is 45.2 Å². The fourth-order valence-electron chi connectivity index (χ4n) is 2.76. The van der Waals surface area contributed by atoms with Crippen LogP contribution in [0.1, 0.15) is 45.2 Å². The molecule has 1 atom stereocenters. The largest absolute Gasteiger partial charge is 0.411 e. The van der Waals surface area contributed by atoms with Gasteiger partial charge in [-0.15, -0.1) is 0 Å². The molecule has 1 unspecified atom stereocenters. The van der Waals surface area contributed by atoms with Crippen LogP contribution < -0.4 is 0 Å². The Kier molecular flexibility index (Phi) is 4.49. The number of hydrogen-bond acceptors (Lipinski definition) is 3. The van der Waals surface area contributed by atoms with E-state index in [-0.39, 0.29) is 23.9 Å². The summed E-state index contributed by atoms with van der Waals surface area (Å²) in [6.07, 6.45) is 0.594. The lowest BCUT2D eigenvalue weighted by atomic mass is 9.88. The summed E-state index contributed by atoms with van der Waals surface area (Å²) in [5.74, 6) is -0.0717. The van der Waals surface area contributed by atoms with Gasteiger partial charge >= 0.3 is 0 Å². The van der Waals surface area contributed by atoms with Crippen LogP contribution in [0.3, 0.4) is 0 Å². The van der Waals surface area contributed by atoms with Gasteiger partial charge in [-0.2, -0.15) is 0 Å². The maximum Gasteiger partial charge on any atom is 0.229 e. The van der Waals surface area contributed by atoms with Crippen molar-refractivity contribution in [1.82, 2.24) is 4.90 Å². The van der Waals surface area contributed by atoms with Gasteiger partial charge in [-0.1, -0.05) is 34.4 Å². The number of piperidine rings is 1. The molecule has 21 heavy (non-hydrogen) atoms. The van der Waals surface area contributed by atoms with E-state index in [9.17, 15) is 4.79 Å². The standard InChI is InChI=1S/C15H18Cl2N2O2/c1-15(2,3)19-13(7-10(18-21)8-14(19)20)11-5-4-9(16)6-12(11)17/h4-6,13,21H,7-8H2,1-3H3/b18-10-. The van der Waals surface area contributed by atoms with Gasteiger partial charge in [0.05, 0.1) is 18.2 Å². The number of carbonyl (C=O) groups is 1. The second-order valence-corrected chi connectivity index (χ2v) is 7.01. The van der Waals surface area contributed by atoms with Gasteiger partial charge in [0.25, 0.3) is 0 Å². The summed E-state index contributed by atoms with van der Waals surface area (Å²) in [7, 11) is 0. The molecule has 1 aromatic rings. The van der Waals surface area contributed by atoms with E-state index in [1.54, 1.807) is 17.0 Å². The minimum Gasteiger partial charge on any atom is -0.411 e. The van der Waals surface area contributed by atoms with Crippen LogP contribution in [0.4, 0.5) is 0 Å². The Labute approximate surface area is 134 Å².